The molecule has 0 radical (unpaired) electrons. The lowest BCUT2D eigenvalue weighted by Crippen LogP contribution is -2.40. The molecule has 0 aliphatic carbocycles. The van der Waals surface area contributed by atoms with Gasteiger partial charge in [-0.1, -0.05) is 0 Å². The summed E-state index contributed by atoms with van der Waals surface area (Å²) in [6.07, 6.45) is 0. The quantitative estimate of drug-likeness (QED) is 0.376. The van der Waals surface area contributed by atoms with Gasteiger partial charge >= 0.3 is 0 Å². The number of halogens is 3. The fourth-order valence-electron chi connectivity index (χ4n) is 2.79. The smallest absolute Gasteiger partial charge is 0.280 e. The predicted octanol–water partition coefficient (Wildman–Crippen LogP) is 4.12. The maximum absolute atomic E-state index is 13.5. The Morgan fingerprint density at radius 3 is 2.44 bits per heavy atom. The first-order chi connectivity index (χ1) is 15.3. The van der Waals surface area contributed by atoms with Crippen molar-refractivity contribution in [2.75, 3.05) is 18.5 Å². The fourth-order valence-corrected chi connectivity index (χ4v) is 2.79. The molecule has 3 N–H and O–H groups in total. The number of nitrogens with one attached hydrogen (secondary N) is 3. The van der Waals surface area contributed by atoms with Crippen molar-refractivity contribution in [1.82, 2.24) is 15.5 Å². The van der Waals surface area contributed by atoms with E-state index in [1.54, 1.807) is 0 Å². The Balaban J connectivity index is 1.82. The number of guanidine groups is 1. The normalized spacial score (nSPS) is 12.5. The van der Waals surface area contributed by atoms with Gasteiger partial charge in [-0.05, 0) is 50.2 Å². The third kappa shape index (κ3) is 6.42. The zero-order valence-corrected chi connectivity index (χ0v) is 17.5. The highest BCUT2D eigenvalue weighted by Gasteiger charge is 2.13. The largest absolute Gasteiger partial charge is 0.380 e. The molecule has 1 aromatic heterocycles. The van der Waals surface area contributed by atoms with E-state index in [9.17, 15) is 18.0 Å². The number of aromatic amines is 1. The Bertz CT molecular complexity index is 1080. The summed E-state index contributed by atoms with van der Waals surface area (Å²) in [5.74, 6) is -2.18. The van der Waals surface area contributed by atoms with Crippen LogP contribution in [0.2, 0.25) is 0 Å². The predicted molar refractivity (Wildman–Crippen MR) is 115 cm³/mol. The van der Waals surface area contributed by atoms with Crippen LogP contribution in [-0.4, -0.2) is 41.3 Å². The molecule has 7 nitrogen and oxygen atoms in total. The fraction of sp³-hybridized carbons (Fsp3) is 0.227. The van der Waals surface area contributed by atoms with Crippen molar-refractivity contribution in [1.29, 1.82) is 0 Å². The zero-order valence-electron chi connectivity index (χ0n) is 17.5. The monoisotopic (exact) mass is 445 g/mol. The SMILES string of the molecule is CCOC[C@H](C)N/C(=N/C(=O)c1ccc(F)cc1)Nc1cc(-c2cc(F)cc(F)c2)[nH]n1. The van der Waals surface area contributed by atoms with Crippen molar-refractivity contribution in [3.05, 3.63) is 71.5 Å². The molecule has 0 saturated carbocycles. The van der Waals surface area contributed by atoms with Crippen LogP contribution < -0.4 is 10.6 Å². The number of carbonyl (C=O) groups is 1. The van der Waals surface area contributed by atoms with E-state index in [0.717, 1.165) is 18.2 Å². The number of aliphatic imine (C=N–C) groups is 1. The molecule has 168 valence electrons. The molecule has 1 amide bonds. The van der Waals surface area contributed by atoms with Gasteiger partial charge in [0.2, 0.25) is 5.96 Å². The lowest BCUT2D eigenvalue weighted by Gasteiger charge is -2.17. The number of hydrogen-bond donors (Lipinski definition) is 3. The highest BCUT2D eigenvalue weighted by atomic mass is 19.1. The molecule has 0 aliphatic rings. The lowest BCUT2D eigenvalue weighted by atomic mass is 10.1. The molecular formula is C22H22F3N5O2. The standard InChI is InChI=1S/C22H22F3N5O2/c1-3-32-12-13(2)26-22(28-21(31)14-4-6-16(23)7-5-14)27-20-11-19(29-30-20)15-8-17(24)10-18(25)9-15/h4-11,13H,3,12H2,1-2H3,(H3,26,27,28,29,30,31)/t13-/m0/s1. The molecule has 3 rings (SSSR count). The zero-order chi connectivity index (χ0) is 23.1. The van der Waals surface area contributed by atoms with Crippen LogP contribution in [0, 0.1) is 17.5 Å². The van der Waals surface area contributed by atoms with Crippen molar-refractivity contribution >= 4 is 17.7 Å². The molecule has 1 atom stereocenters. The second-order valence-electron chi connectivity index (χ2n) is 6.93. The Labute approximate surface area is 182 Å². The van der Waals surface area contributed by atoms with E-state index >= 15 is 0 Å². The van der Waals surface area contributed by atoms with E-state index in [2.05, 4.69) is 25.8 Å². The van der Waals surface area contributed by atoms with Crippen LogP contribution in [-0.2, 0) is 4.74 Å². The van der Waals surface area contributed by atoms with Crippen molar-refractivity contribution in [3.8, 4) is 11.3 Å². The first-order valence-corrected chi connectivity index (χ1v) is 9.85. The van der Waals surface area contributed by atoms with E-state index in [1.165, 1.54) is 30.3 Å². The maximum atomic E-state index is 13.5. The summed E-state index contributed by atoms with van der Waals surface area (Å²) in [6.45, 7) is 4.57. The Hall–Kier alpha value is -3.66. The van der Waals surface area contributed by atoms with Crippen molar-refractivity contribution in [3.63, 3.8) is 0 Å². The summed E-state index contributed by atoms with van der Waals surface area (Å²) < 4.78 is 45.5. The number of ether oxygens (including phenoxy) is 1. The summed E-state index contributed by atoms with van der Waals surface area (Å²) in [6, 6.07) is 9.39. The van der Waals surface area contributed by atoms with E-state index < -0.39 is 23.4 Å². The lowest BCUT2D eigenvalue weighted by molar-refractivity contribution is 0.100. The van der Waals surface area contributed by atoms with Gasteiger partial charge < -0.3 is 15.4 Å². The van der Waals surface area contributed by atoms with Crippen molar-refractivity contribution in [2.45, 2.75) is 19.9 Å². The Morgan fingerprint density at radius 1 is 1.09 bits per heavy atom. The molecule has 1 heterocycles. The highest BCUT2D eigenvalue weighted by Crippen LogP contribution is 2.22. The first-order valence-electron chi connectivity index (χ1n) is 9.85. The molecule has 0 spiro atoms. The number of anilines is 1. The van der Waals surface area contributed by atoms with Crippen LogP contribution >= 0.6 is 0 Å². The summed E-state index contributed by atoms with van der Waals surface area (Å²) in [5.41, 5.74) is 0.821. The van der Waals surface area contributed by atoms with Gasteiger partial charge in [0, 0.05) is 35.9 Å². The maximum Gasteiger partial charge on any atom is 0.280 e. The number of amides is 1. The van der Waals surface area contributed by atoms with Crippen LogP contribution in [0.3, 0.4) is 0 Å². The minimum atomic E-state index is -0.720. The van der Waals surface area contributed by atoms with Crippen molar-refractivity contribution in [2.24, 2.45) is 4.99 Å². The molecule has 0 bridgehead atoms. The van der Waals surface area contributed by atoms with Crippen LogP contribution in [0.5, 0.6) is 0 Å². The summed E-state index contributed by atoms with van der Waals surface area (Å²) in [4.78, 5) is 16.6. The van der Waals surface area contributed by atoms with Crippen molar-refractivity contribution < 1.29 is 22.7 Å². The summed E-state index contributed by atoms with van der Waals surface area (Å²) in [5, 5.41) is 12.6. The minimum Gasteiger partial charge on any atom is -0.380 e. The highest BCUT2D eigenvalue weighted by molar-refractivity contribution is 6.06. The van der Waals surface area contributed by atoms with Crippen LogP contribution in [0.4, 0.5) is 19.0 Å². The van der Waals surface area contributed by atoms with Crippen LogP contribution in [0.25, 0.3) is 11.3 Å². The molecule has 2 aromatic carbocycles. The molecule has 32 heavy (non-hydrogen) atoms. The molecule has 0 aliphatic heterocycles. The molecule has 10 heteroatoms. The number of hydrogen-bond acceptors (Lipinski definition) is 3. The van der Waals surface area contributed by atoms with Crippen LogP contribution in [0.15, 0.2) is 53.5 Å². The molecule has 3 aromatic rings. The van der Waals surface area contributed by atoms with Gasteiger partial charge in [0.25, 0.3) is 5.91 Å². The number of carbonyl (C=O) groups excluding carboxylic acids is 1. The third-order valence-electron chi connectivity index (χ3n) is 4.26. The average Bonchev–Trinajstić information content (AvgIpc) is 3.20. The minimum absolute atomic E-state index is 0.0787. The molecule has 0 unspecified atom stereocenters. The number of rotatable bonds is 7. The number of aromatic nitrogens is 2. The second-order valence-corrected chi connectivity index (χ2v) is 6.93. The summed E-state index contributed by atoms with van der Waals surface area (Å²) >= 11 is 0. The van der Waals surface area contributed by atoms with Gasteiger partial charge in [0.05, 0.1) is 12.3 Å². The first kappa shape index (κ1) is 23.0. The van der Waals surface area contributed by atoms with Gasteiger partial charge in [0.1, 0.15) is 17.5 Å². The van der Waals surface area contributed by atoms with E-state index in [-0.39, 0.29) is 28.9 Å². The number of nitrogens with zero attached hydrogens (tertiary/aromatic N) is 2. The Morgan fingerprint density at radius 2 is 1.78 bits per heavy atom. The molecule has 0 saturated heterocycles. The van der Waals surface area contributed by atoms with E-state index in [1.807, 2.05) is 13.8 Å². The average molecular weight is 445 g/mol. The second kappa shape index (κ2) is 10.6. The van der Waals surface area contributed by atoms with Gasteiger partial charge in [0.15, 0.2) is 5.82 Å². The Kier molecular flexibility index (Phi) is 7.61. The van der Waals surface area contributed by atoms with Gasteiger partial charge in [-0.15, -0.1) is 0 Å². The summed E-state index contributed by atoms with van der Waals surface area (Å²) in [7, 11) is 0. The van der Waals surface area contributed by atoms with Gasteiger partial charge in [-0.25, -0.2) is 13.2 Å². The molecular weight excluding hydrogens is 423 g/mol. The van der Waals surface area contributed by atoms with Gasteiger partial charge in [-0.3, -0.25) is 9.89 Å². The van der Waals surface area contributed by atoms with Crippen LogP contribution in [0.1, 0.15) is 24.2 Å². The topological polar surface area (TPSA) is 91.4 Å². The molecule has 0 fully saturated rings. The number of H-pyrrole nitrogens is 1. The van der Waals surface area contributed by atoms with Gasteiger partial charge in [-0.2, -0.15) is 10.1 Å². The van der Waals surface area contributed by atoms with E-state index in [0.29, 0.717) is 18.9 Å². The number of benzene rings is 2. The third-order valence-corrected chi connectivity index (χ3v) is 4.26. The van der Waals surface area contributed by atoms with E-state index in [4.69, 9.17) is 4.74 Å².